The summed E-state index contributed by atoms with van der Waals surface area (Å²) in [4.78, 5) is 24.0. The number of carbonyl (C=O) groups is 1. The van der Waals surface area contributed by atoms with Crippen LogP contribution in [0.4, 0.5) is 10.5 Å². The normalized spacial score (nSPS) is 10.1. The van der Waals surface area contributed by atoms with Crippen LogP contribution in [-0.2, 0) is 0 Å². The van der Waals surface area contributed by atoms with Crippen LogP contribution in [0.1, 0.15) is 0 Å². The van der Waals surface area contributed by atoms with E-state index < -0.39 is 4.92 Å². The van der Waals surface area contributed by atoms with E-state index in [2.05, 4.69) is 0 Å². The summed E-state index contributed by atoms with van der Waals surface area (Å²) in [6, 6.07) is 12.9. The summed E-state index contributed by atoms with van der Waals surface area (Å²) in [5, 5.41) is 10.5. The molecule has 114 valence electrons. The number of hydrogen-bond donors (Lipinski definition) is 0. The highest BCUT2D eigenvalue weighted by Crippen LogP contribution is 2.27. The molecule has 2 rings (SSSR count). The molecule has 7 heteroatoms. The van der Waals surface area contributed by atoms with Crippen molar-refractivity contribution < 1.29 is 14.5 Å². The highest BCUT2D eigenvalue weighted by molar-refractivity contribution is 8.13. The first-order valence-electron chi connectivity index (χ1n) is 6.37. The Hall–Kier alpha value is -2.54. The molecule has 22 heavy (non-hydrogen) atoms. The Morgan fingerprint density at radius 2 is 1.55 bits per heavy atom. The van der Waals surface area contributed by atoms with Gasteiger partial charge < -0.3 is 9.64 Å². The molecule has 0 unspecified atom stereocenters. The highest BCUT2D eigenvalue weighted by atomic mass is 32.2. The van der Waals surface area contributed by atoms with Crippen LogP contribution in [-0.4, -0.2) is 29.2 Å². The van der Waals surface area contributed by atoms with E-state index in [1.165, 1.54) is 29.2 Å². The minimum Gasteiger partial charge on any atom is -0.457 e. The first-order chi connectivity index (χ1) is 10.5. The van der Waals surface area contributed by atoms with Crippen LogP contribution in [0.3, 0.4) is 0 Å². The van der Waals surface area contributed by atoms with Crippen LogP contribution in [0, 0.1) is 10.1 Å². The Balaban J connectivity index is 2.01. The van der Waals surface area contributed by atoms with Gasteiger partial charge in [0.2, 0.25) is 0 Å². The van der Waals surface area contributed by atoms with Crippen molar-refractivity contribution in [2.45, 2.75) is 4.90 Å². The molecule has 0 radical (unpaired) electrons. The van der Waals surface area contributed by atoms with Gasteiger partial charge in [-0.05, 0) is 48.2 Å². The number of hydrogen-bond acceptors (Lipinski definition) is 5. The summed E-state index contributed by atoms with van der Waals surface area (Å²) in [7, 11) is 3.39. The van der Waals surface area contributed by atoms with E-state index in [1.807, 2.05) is 0 Å². The minimum atomic E-state index is -0.461. The molecule has 6 nitrogen and oxygen atoms in total. The monoisotopic (exact) mass is 318 g/mol. The largest absolute Gasteiger partial charge is 0.457 e. The van der Waals surface area contributed by atoms with Gasteiger partial charge in [0.15, 0.2) is 0 Å². The maximum absolute atomic E-state index is 11.6. The summed E-state index contributed by atoms with van der Waals surface area (Å²) in [6.07, 6.45) is 0. The average molecular weight is 318 g/mol. The lowest BCUT2D eigenvalue weighted by atomic mass is 10.3. The minimum absolute atomic E-state index is 0.0151. The van der Waals surface area contributed by atoms with Crippen molar-refractivity contribution in [2.24, 2.45) is 0 Å². The molecule has 1 amide bonds. The van der Waals surface area contributed by atoms with Crippen molar-refractivity contribution in [1.29, 1.82) is 0 Å². The Labute approximate surface area is 131 Å². The second kappa shape index (κ2) is 6.95. The second-order valence-electron chi connectivity index (χ2n) is 4.59. The average Bonchev–Trinajstić information content (AvgIpc) is 2.49. The van der Waals surface area contributed by atoms with E-state index in [4.69, 9.17) is 4.74 Å². The van der Waals surface area contributed by atoms with Crippen molar-refractivity contribution in [1.82, 2.24) is 4.90 Å². The fourth-order valence-corrected chi connectivity index (χ4v) is 2.20. The van der Waals surface area contributed by atoms with Crippen LogP contribution >= 0.6 is 11.8 Å². The molecule has 0 bridgehead atoms. The molecule has 2 aromatic rings. The lowest BCUT2D eigenvalue weighted by molar-refractivity contribution is -0.384. The van der Waals surface area contributed by atoms with Crippen LogP contribution in [0.15, 0.2) is 53.4 Å². The van der Waals surface area contributed by atoms with E-state index in [0.717, 1.165) is 16.7 Å². The number of benzene rings is 2. The quantitative estimate of drug-likeness (QED) is 0.481. The maximum Gasteiger partial charge on any atom is 0.285 e. The van der Waals surface area contributed by atoms with Crippen LogP contribution < -0.4 is 4.74 Å². The molecule has 0 aliphatic carbocycles. The molecule has 0 aliphatic rings. The number of ether oxygens (including phenoxy) is 1. The van der Waals surface area contributed by atoms with Crippen molar-refractivity contribution in [3.05, 3.63) is 58.6 Å². The van der Waals surface area contributed by atoms with E-state index in [9.17, 15) is 14.9 Å². The zero-order chi connectivity index (χ0) is 16.1. The van der Waals surface area contributed by atoms with Crippen LogP contribution in [0.2, 0.25) is 0 Å². The lowest BCUT2D eigenvalue weighted by Gasteiger charge is -2.09. The molecule has 0 heterocycles. The Kier molecular flexibility index (Phi) is 5.00. The standard InChI is InChI=1S/C15H14N2O4S/c1-16(2)15(18)22-14-9-7-13(8-10-14)21-12-5-3-11(4-6-12)17(19)20/h3-10H,1-2H3. The van der Waals surface area contributed by atoms with Crippen molar-refractivity contribution in [3.63, 3.8) is 0 Å². The van der Waals surface area contributed by atoms with Crippen molar-refractivity contribution in [2.75, 3.05) is 14.1 Å². The SMILES string of the molecule is CN(C)C(=O)Sc1ccc(Oc2ccc([N+](=O)[O-])cc2)cc1. The number of non-ortho nitro benzene ring substituents is 1. The molecule has 2 aromatic carbocycles. The third-order valence-corrected chi connectivity index (χ3v) is 3.72. The first kappa shape index (κ1) is 15.8. The van der Waals surface area contributed by atoms with Gasteiger partial charge in [-0.15, -0.1) is 0 Å². The van der Waals surface area contributed by atoms with Gasteiger partial charge >= 0.3 is 0 Å². The van der Waals surface area contributed by atoms with Gasteiger partial charge in [0.05, 0.1) is 4.92 Å². The van der Waals surface area contributed by atoms with Gasteiger partial charge in [-0.2, -0.15) is 0 Å². The van der Waals surface area contributed by atoms with E-state index in [1.54, 1.807) is 38.4 Å². The fraction of sp³-hybridized carbons (Fsp3) is 0.133. The molecule has 0 aromatic heterocycles. The first-order valence-corrected chi connectivity index (χ1v) is 7.19. The number of carbonyl (C=O) groups excluding carboxylic acids is 1. The molecule has 0 saturated carbocycles. The second-order valence-corrected chi connectivity index (χ2v) is 5.61. The molecule has 0 atom stereocenters. The molecule has 0 aliphatic heterocycles. The van der Waals surface area contributed by atoms with Gasteiger partial charge in [-0.25, -0.2) is 0 Å². The molecule has 0 saturated heterocycles. The Bertz CT molecular complexity index is 669. The summed E-state index contributed by atoms with van der Waals surface area (Å²) in [6.45, 7) is 0. The smallest absolute Gasteiger partial charge is 0.285 e. The van der Waals surface area contributed by atoms with Crippen molar-refractivity contribution in [3.8, 4) is 11.5 Å². The number of thioether (sulfide) groups is 1. The zero-order valence-electron chi connectivity index (χ0n) is 12.1. The number of nitrogens with zero attached hydrogens (tertiary/aromatic N) is 2. The number of amides is 1. The molecule has 0 fully saturated rings. The molecule has 0 N–H and O–H groups in total. The third-order valence-electron chi connectivity index (χ3n) is 2.68. The van der Waals surface area contributed by atoms with Crippen LogP contribution in [0.25, 0.3) is 0 Å². The van der Waals surface area contributed by atoms with Gasteiger partial charge in [0.1, 0.15) is 11.5 Å². The lowest BCUT2D eigenvalue weighted by Crippen LogP contribution is -2.15. The number of rotatable bonds is 4. The number of nitro groups is 1. The van der Waals surface area contributed by atoms with Crippen molar-refractivity contribution >= 4 is 22.7 Å². The topological polar surface area (TPSA) is 72.7 Å². The predicted octanol–water partition coefficient (Wildman–Crippen LogP) is 4.16. The highest BCUT2D eigenvalue weighted by Gasteiger charge is 2.08. The van der Waals surface area contributed by atoms with Crippen LogP contribution in [0.5, 0.6) is 11.5 Å². The van der Waals surface area contributed by atoms with Gasteiger partial charge in [0, 0.05) is 31.1 Å². The predicted molar refractivity (Wildman–Crippen MR) is 84.6 cm³/mol. The van der Waals surface area contributed by atoms with E-state index in [-0.39, 0.29) is 10.9 Å². The summed E-state index contributed by atoms with van der Waals surface area (Å²) < 4.78 is 5.59. The fourth-order valence-electron chi connectivity index (χ4n) is 1.54. The summed E-state index contributed by atoms with van der Waals surface area (Å²) in [5.41, 5.74) is 0.0151. The summed E-state index contributed by atoms with van der Waals surface area (Å²) >= 11 is 1.13. The Morgan fingerprint density at radius 1 is 1.05 bits per heavy atom. The van der Waals surface area contributed by atoms with E-state index in [0.29, 0.717) is 11.5 Å². The van der Waals surface area contributed by atoms with Gasteiger partial charge in [-0.3, -0.25) is 14.9 Å². The number of nitro benzene ring substituents is 1. The maximum atomic E-state index is 11.6. The Morgan fingerprint density at radius 3 is 2.00 bits per heavy atom. The van der Waals surface area contributed by atoms with Gasteiger partial charge in [-0.1, -0.05) is 0 Å². The summed E-state index contributed by atoms with van der Waals surface area (Å²) in [5.74, 6) is 1.10. The van der Waals surface area contributed by atoms with Gasteiger partial charge in [0.25, 0.3) is 10.9 Å². The molecular formula is C15H14N2O4S. The molecular weight excluding hydrogens is 304 g/mol. The van der Waals surface area contributed by atoms with E-state index >= 15 is 0 Å². The zero-order valence-corrected chi connectivity index (χ0v) is 12.9. The molecule has 0 spiro atoms. The third kappa shape index (κ3) is 4.23.